The number of aromatic nitrogens is 1. The lowest BCUT2D eigenvalue weighted by Crippen LogP contribution is -3.06. The van der Waals surface area contributed by atoms with E-state index in [4.69, 9.17) is 0 Å². The molecule has 2 fully saturated rings. The van der Waals surface area contributed by atoms with Crippen LogP contribution in [0.5, 0.6) is 0 Å². The van der Waals surface area contributed by atoms with E-state index in [1.807, 2.05) is 0 Å². The average Bonchev–Trinajstić information content (AvgIpc) is 3.49. The van der Waals surface area contributed by atoms with Crippen LogP contribution in [-0.2, 0) is 0 Å². The van der Waals surface area contributed by atoms with Crippen LogP contribution < -0.4 is 15.6 Å². The first kappa shape index (κ1) is 27.1. The Balaban J connectivity index is 1.37. The van der Waals surface area contributed by atoms with Gasteiger partial charge in [-0.2, -0.15) is 0 Å². The van der Waals surface area contributed by atoms with Crippen molar-refractivity contribution in [2.75, 3.05) is 32.7 Å². The van der Waals surface area contributed by atoms with E-state index >= 15 is 0 Å². The van der Waals surface area contributed by atoms with Crippen molar-refractivity contribution >= 4 is 22.7 Å². The molecule has 42 heavy (non-hydrogen) atoms. The van der Waals surface area contributed by atoms with Crippen LogP contribution >= 0.6 is 0 Å². The maximum absolute atomic E-state index is 14.0. The van der Waals surface area contributed by atoms with Crippen LogP contribution in [0.2, 0.25) is 0 Å². The molecular formula is C36H46N4O2. The third kappa shape index (κ3) is 4.25. The molecule has 2 aromatic rings. The summed E-state index contributed by atoms with van der Waals surface area (Å²) in [6, 6.07) is 8.85. The van der Waals surface area contributed by atoms with Crippen LogP contribution in [0, 0.1) is 16.5 Å². The van der Waals surface area contributed by atoms with E-state index in [2.05, 4.69) is 75.5 Å². The summed E-state index contributed by atoms with van der Waals surface area (Å²) in [5, 5.41) is 30.6. The van der Waals surface area contributed by atoms with E-state index in [-0.39, 0.29) is 22.4 Å². The molecule has 5 aliphatic heterocycles. The van der Waals surface area contributed by atoms with Crippen molar-refractivity contribution < 1.29 is 10.2 Å². The first-order valence-electron chi connectivity index (χ1n) is 16.7. The van der Waals surface area contributed by atoms with E-state index in [0.717, 1.165) is 85.6 Å². The summed E-state index contributed by atoms with van der Waals surface area (Å²) < 4.78 is 0. The van der Waals surface area contributed by atoms with Gasteiger partial charge in [0, 0.05) is 39.7 Å². The third-order valence-corrected chi connectivity index (χ3v) is 11.5. The first-order valence-corrected chi connectivity index (χ1v) is 16.7. The van der Waals surface area contributed by atoms with Gasteiger partial charge in [-0.1, -0.05) is 42.5 Å². The molecule has 1 aromatic heterocycles. The number of piperidine rings is 1. The van der Waals surface area contributed by atoms with E-state index < -0.39 is 5.60 Å². The number of benzene rings is 1. The molecule has 7 unspecified atom stereocenters. The fraction of sp³-hybridized carbons (Fsp3) is 0.556. The topological polar surface area (TPSA) is 70.0 Å². The van der Waals surface area contributed by atoms with Gasteiger partial charge in [0.2, 0.25) is 0 Å². The van der Waals surface area contributed by atoms with Gasteiger partial charge >= 0.3 is 0 Å². The van der Waals surface area contributed by atoms with Crippen LogP contribution in [-0.4, -0.2) is 70.3 Å². The normalized spacial score (nSPS) is 38.7. The zero-order chi connectivity index (χ0) is 28.3. The summed E-state index contributed by atoms with van der Waals surface area (Å²) in [5.74, 6) is 0.262. The lowest BCUT2D eigenvalue weighted by atomic mass is 9.54. The number of hydrogen-bond donors (Lipinski definition) is 3. The molecule has 6 heteroatoms. The number of fused-ring (bicyclic) bond motifs is 5. The zero-order valence-electron chi connectivity index (χ0n) is 24.9. The van der Waals surface area contributed by atoms with Crippen molar-refractivity contribution in [3.05, 3.63) is 76.0 Å². The Morgan fingerprint density at radius 1 is 0.976 bits per heavy atom. The zero-order valence-corrected chi connectivity index (χ0v) is 24.9. The number of aromatic amines is 1. The minimum atomic E-state index is -0.990. The van der Waals surface area contributed by atoms with Crippen LogP contribution in [0.1, 0.15) is 64.2 Å². The molecule has 1 aliphatic carbocycles. The molecule has 3 bridgehead atoms. The maximum atomic E-state index is 14.0. The molecule has 6 aliphatic rings. The number of hydrogen-bond acceptors (Lipinski definition) is 4. The van der Waals surface area contributed by atoms with Crippen molar-refractivity contribution in [3.63, 3.8) is 0 Å². The van der Waals surface area contributed by atoms with Gasteiger partial charge in [-0.15, -0.1) is 0 Å². The molecule has 3 N–H and O–H groups in total. The summed E-state index contributed by atoms with van der Waals surface area (Å²) in [4.78, 5) is 9.10. The highest BCUT2D eigenvalue weighted by molar-refractivity contribution is 5.82. The minimum absolute atomic E-state index is 0.0662. The number of nitrogens with one attached hydrogen (secondary N) is 2. The van der Waals surface area contributed by atoms with Crippen molar-refractivity contribution in [3.8, 4) is 0 Å². The Labute approximate surface area is 249 Å². The molecule has 6 nitrogen and oxygen atoms in total. The van der Waals surface area contributed by atoms with Gasteiger partial charge in [0.15, 0.2) is 5.70 Å². The molecule has 0 amide bonds. The quantitative estimate of drug-likeness (QED) is 0.367. The highest BCUT2D eigenvalue weighted by Crippen LogP contribution is 2.60. The van der Waals surface area contributed by atoms with Gasteiger partial charge < -0.3 is 25.3 Å². The Morgan fingerprint density at radius 3 is 2.74 bits per heavy atom. The van der Waals surface area contributed by atoms with Crippen molar-refractivity contribution in [2.24, 2.45) is 11.3 Å². The third-order valence-electron chi connectivity index (χ3n) is 11.5. The second-order valence-electron chi connectivity index (χ2n) is 13.9. The summed E-state index contributed by atoms with van der Waals surface area (Å²) in [7, 11) is 0. The molecule has 6 heterocycles. The summed E-state index contributed by atoms with van der Waals surface area (Å²) in [6.07, 6.45) is 24.6. The lowest BCUT2D eigenvalue weighted by molar-refractivity contribution is -0.760. The van der Waals surface area contributed by atoms with Gasteiger partial charge in [-0.25, -0.2) is 0 Å². The molecule has 2 saturated heterocycles. The second kappa shape index (κ2) is 10.6. The van der Waals surface area contributed by atoms with Gasteiger partial charge in [-0.3, -0.25) is 4.90 Å². The van der Waals surface area contributed by atoms with Crippen molar-refractivity contribution in [1.29, 1.82) is 0 Å². The number of H-pyrrole nitrogens is 1. The number of para-hydroxylation sites is 1. The molecule has 1 aromatic carbocycles. The molecule has 0 radical (unpaired) electrons. The summed E-state index contributed by atoms with van der Waals surface area (Å²) in [6.45, 7) is 4.69. The number of aliphatic hydroxyl groups is 1. The van der Waals surface area contributed by atoms with Crippen LogP contribution in [0.3, 0.4) is 0 Å². The Kier molecular flexibility index (Phi) is 6.84. The monoisotopic (exact) mass is 566 g/mol. The molecular weight excluding hydrogens is 520 g/mol. The molecule has 0 saturated carbocycles. The standard InChI is InChI=1S/C36H46N4O2/c41-36-18-10-4-1-2-5-11-19-38-21-17-30(35(25-38)23-26-13-7-3-6-12-20-39(26)34(35)36)29(24-36)33-32-28(16-22-40(33)42)27-14-8-9-15-31(27)37-32/h1,4,7-9,13-16,24,26,30,34,37,40-41H,2-3,5-6,10-12,17-23,25H2. The second-order valence-corrected chi connectivity index (χ2v) is 13.9. The number of allylic oxidation sites excluding steroid dienone is 3. The van der Waals surface area contributed by atoms with Crippen LogP contribution in [0.15, 0.2) is 60.2 Å². The molecule has 7 atom stereocenters. The smallest absolute Gasteiger partial charge is 0.159 e. The van der Waals surface area contributed by atoms with E-state index in [0.29, 0.717) is 19.0 Å². The van der Waals surface area contributed by atoms with Crippen LogP contribution in [0.25, 0.3) is 22.7 Å². The maximum Gasteiger partial charge on any atom is 0.159 e. The molecule has 222 valence electrons. The fourth-order valence-electron chi connectivity index (χ4n) is 9.92. The number of quaternary nitrogens is 1. The highest BCUT2D eigenvalue weighted by Gasteiger charge is 2.66. The largest absolute Gasteiger partial charge is 0.629 e. The van der Waals surface area contributed by atoms with Crippen molar-refractivity contribution in [1.82, 2.24) is 14.8 Å². The number of hydroxylamine groups is 2. The van der Waals surface area contributed by atoms with Crippen molar-refractivity contribution in [2.45, 2.75) is 81.9 Å². The predicted molar refractivity (Wildman–Crippen MR) is 169 cm³/mol. The fourth-order valence-corrected chi connectivity index (χ4v) is 9.92. The Morgan fingerprint density at radius 2 is 1.81 bits per heavy atom. The number of rotatable bonds is 1. The van der Waals surface area contributed by atoms with Gasteiger partial charge in [0.25, 0.3) is 0 Å². The van der Waals surface area contributed by atoms with Gasteiger partial charge in [0.1, 0.15) is 11.9 Å². The Hall–Kier alpha value is -2.48. The van der Waals surface area contributed by atoms with E-state index in [9.17, 15) is 10.3 Å². The molecule has 8 rings (SSSR count). The Bertz CT molecular complexity index is 1570. The summed E-state index contributed by atoms with van der Waals surface area (Å²) in [5.41, 5.74) is 2.00. The van der Waals surface area contributed by atoms with Gasteiger partial charge in [0.05, 0.1) is 11.6 Å². The van der Waals surface area contributed by atoms with E-state index in [1.165, 1.54) is 31.1 Å². The molecule has 1 spiro atoms. The van der Waals surface area contributed by atoms with Gasteiger partial charge in [-0.05, 0) is 108 Å². The SMILES string of the molecule is [O-][NH+]1CC=c2c([nH]c3ccccc23)=C1C1=CC2(O)CCC=CCCCCN3CCC1C1(CC4C=CCCCCN4C21)C3. The highest BCUT2D eigenvalue weighted by atomic mass is 16.5. The number of nitrogens with zero attached hydrogens (tertiary/aromatic N) is 2. The predicted octanol–water partition coefficient (Wildman–Crippen LogP) is 3.14. The minimum Gasteiger partial charge on any atom is -0.629 e. The van der Waals surface area contributed by atoms with Crippen LogP contribution in [0.4, 0.5) is 0 Å². The average molecular weight is 567 g/mol. The van der Waals surface area contributed by atoms with E-state index in [1.54, 1.807) is 0 Å². The first-order chi connectivity index (χ1) is 20.6. The lowest BCUT2D eigenvalue weighted by Gasteiger charge is -2.58. The summed E-state index contributed by atoms with van der Waals surface area (Å²) >= 11 is 0.